The van der Waals surface area contributed by atoms with Crippen LogP contribution in [0.25, 0.3) is 0 Å². The van der Waals surface area contributed by atoms with Crippen LogP contribution in [0.4, 0.5) is 5.69 Å². The van der Waals surface area contributed by atoms with Crippen LogP contribution in [0.5, 0.6) is 0 Å². The highest BCUT2D eigenvalue weighted by Crippen LogP contribution is 2.21. The molecule has 0 radical (unpaired) electrons. The Kier molecular flexibility index (Phi) is 5.00. The van der Waals surface area contributed by atoms with Gasteiger partial charge in [0.25, 0.3) is 0 Å². The van der Waals surface area contributed by atoms with Crippen molar-refractivity contribution in [2.45, 2.75) is 24.9 Å². The van der Waals surface area contributed by atoms with Crippen LogP contribution in [0.2, 0.25) is 0 Å². The van der Waals surface area contributed by atoms with E-state index in [0.29, 0.717) is 19.4 Å². The van der Waals surface area contributed by atoms with Crippen LogP contribution >= 0.6 is 11.8 Å². The predicted molar refractivity (Wildman–Crippen MR) is 89.1 cm³/mol. The molecular formula is C16H21N3O2S. The van der Waals surface area contributed by atoms with Gasteiger partial charge in [-0.1, -0.05) is 18.2 Å². The van der Waals surface area contributed by atoms with E-state index in [0.717, 1.165) is 23.7 Å². The summed E-state index contributed by atoms with van der Waals surface area (Å²) in [6.45, 7) is 1.61. The third kappa shape index (κ3) is 3.62. The zero-order valence-corrected chi connectivity index (χ0v) is 13.3. The summed E-state index contributed by atoms with van der Waals surface area (Å²) in [6.07, 6.45) is 1.12. The maximum Gasteiger partial charge on any atom is 0.249 e. The molecule has 2 N–H and O–H groups in total. The molecule has 1 aromatic carbocycles. The summed E-state index contributed by atoms with van der Waals surface area (Å²) in [5.41, 5.74) is 0.898. The number of thioether (sulfide) groups is 1. The van der Waals surface area contributed by atoms with Gasteiger partial charge in [-0.2, -0.15) is 11.8 Å². The van der Waals surface area contributed by atoms with Crippen LogP contribution in [0.3, 0.4) is 0 Å². The summed E-state index contributed by atoms with van der Waals surface area (Å²) in [5.74, 6) is 2.02. The molecular weight excluding hydrogens is 298 g/mol. The number of benzene rings is 1. The Bertz CT molecular complexity index is 531. The van der Waals surface area contributed by atoms with Crippen molar-refractivity contribution >= 4 is 29.3 Å². The largest absolute Gasteiger partial charge is 0.344 e. The molecule has 2 fully saturated rings. The second kappa shape index (κ2) is 7.15. The summed E-state index contributed by atoms with van der Waals surface area (Å²) < 4.78 is 0. The highest BCUT2D eigenvalue weighted by Gasteiger charge is 2.33. The molecule has 0 aromatic heterocycles. The lowest BCUT2D eigenvalue weighted by Gasteiger charge is -2.23. The van der Waals surface area contributed by atoms with E-state index in [4.69, 9.17) is 0 Å². The van der Waals surface area contributed by atoms with E-state index in [9.17, 15) is 9.59 Å². The fourth-order valence-electron chi connectivity index (χ4n) is 2.91. The smallest absolute Gasteiger partial charge is 0.249 e. The van der Waals surface area contributed by atoms with Crippen LogP contribution in [-0.4, -0.2) is 48.5 Å². The van der Waals surface area contributed by atoms with E-state index < -0.39 is 0 Å². The van der Waals surface area contributed by atoms with Crippen molar-refractivity contribution in [2.75, 3.05) is 29.5 Å². The highest BCUT2D eigenvalue weighted by molar-refractivity contribution is 7.99. The molecule has 2 unspecified atom stereocenters. The summed E-state index contributed by atoms with van der Waals surface area (Å²) in [4.78, 5) is 26.3. The average molecular weight is 319 g/mol. The van der Waals surface area contributed by atoms with Gasteiger partial charge in [-0.05, 0) is 18.6 Å². The lowest BCUT2D eigenvalue weighted by atomic mass is 10.2. The first-order chi connectivity index (χ1) is 10.7. The van der Waals surface area contributed by atoms with Crippen molar-refractivity contribution in [1.29, 1.82) is 0 Å². The fraction of sp³-hybridized carbons (Fsp3) is 0.500. The number of hydrogen-bond donors (Lipinski definition) is 2. The van der Waals surface area contributed by atoms with Crippen LogP contribution in [-0.2, 0) is 9.59 Å². The van der Waals surface area contributed by atoms with E-state index in [1.807, 2.05) is 42.1 Å². The van der Waals surface area contributed by atoms with E-state index in [2.05, 4.69) is 10.6 Å². The minimum Gasteiger partial charge on any atom is -0.344 e. The first kappa shape index (κ1) is 15.4. The standard InChI is InChI=1S/C16H21N3O2S/c20-15(10-12-11-22-9-7-17-12)18-14-6-8-19(16(14)21)13-4-2-1-3-5-13/h1-5,12,14,17H,6-11H2,(H,18,20). The Morgan fingerprint density at radius 1 is 1.36 bits per heavy atom. The molecule has 0 spiro atoms. The van der Waals surface area contributed by atoms with Crippen LogP contribution in [0.1, 0.15) is 12.8 Å². The zero-order chi connectivity index (χ0) is 15.4. The molecule has 118 valence electrons. The van der Waals surface area contributed by atoms with Gasteiger partial charge in [-0.3, -0.25) is 9.59 Å². The summed E-state index contributed by atoms with van der Waals surface area (Å²) in [7, 11) is 0. The quantitative estimate of drug-likeness (QED) is 0.869. The molecule has 5 nitrogen and oxygen atoms in total. The number of rotatable bonds is 4. The van der Waals surface area contributed by atoms with Crippen molar-refractivity contribution in [3.8, 4) is 0 Å². The summed E-state index contributed by atoms with van der Waals surface area (Å²) in [6, 6.07) is 9.45. The summed E-state index contributed by atoms with van der Waals surface area (Å²) >= 11 is 1.87. The number of carbonyl (C=O) groups excluding carboxylic acids is 2. The molecule has 1 aromatic rings. The Balaban J connectivity index is 1.53. The molecule has 22 heavy (non-hydrogen) atoms. The van der Waals surface area contributed by atoms with Gasteiger partial charge in [-0.25, -0.2) is 0 Å². The van der Waals surface area contributed by atoms with Gasteiger partial charge in [0.15, 0.2) is 0 Å². The third-order valence-electron chi connectivity index (χ3n) is 4.04. The number of hydrogen-bond acceptors (Lipinski definition) is 4. The fourth-order valence-corrected chi connectivity index (χ4v) is 3.86. The number of nitrogens with one attached hydrogen (secondary N) is 2. The number of anilines is 1. The molecule has 2 amide bonds. The zero-order valence-electron chi connectivity index (χ0n) is 12.5. The molecule has 2 atom stereocenters. The van der Waals surface area contributed by atoms with E-state index in [1.165, 1.54) is 0 Å². The minimum atomic E-state index is -0.385. The van der Waals surface area contributed by atoms with Crippen LogP contribution < -0.4 is 15.5 Å². The Hall–Kier alpha value is -1.53. The summed E-state index contributed by atoms with van der Waals surface area (Å²) in [5, 5.41) is 6.24. The molecule has 2 aliphatic heterocycles. The number of amides is 2. The molecule has 2 aliphatic rings. The SMILES string of the molecule is O=C(CC1CSCCN1)NC1CCN(c2ccccc2)C1=O. The normalized spacial score (nSPS) is 25.3. The average Bonchev–Trinajstić information content (AvgIpc) is 2.90. The minimum absolute atomic E-state index is 0.00877. The molecule has 2 heterocycles. The van der Waals surface area contributed by atoms with Gasteiger partial charge in [0, 0.05) is 42.7 Å². The van der Waals surface area contributed by atoms with E-state index in [1.54, 1.807) is 4.90 Å². The van der Waals surface area contributed by atoms with Crippen LogP contribution in [0.15, 0.2) is 30.3 Å². The Labute approximate surface area is 134 Å². The van der Waals surface area contributed by atoms with Gasteiger partial charge < -0.3 is 15.5 Å². The van der Waals surface area contributed by atoms with Gasteiger partial charge in [0.2, 0.25) is 11.8 Å². The predicted octanol–water partition coefficient (Wildman–Crippen LogP) is 1.00. The van der Waals surface area contributed by atoms with Crippen molar-refractivity contribution in [3.05, 3.63) is 30.3 Å². The van der Waals surface area contributed by atoms with E-state index >= 15 is 0 Å². The number of nitrogens with zero attached hydrogens (tertiary/aromatic N) is 1. The molecule has 2 saturated heterocycles. The Morgan fingerprint density at radius 2 is 2.18 bits per heavy atom. The first-order valence-corrected chi connectivity index (χ1v) is 8.86. The lowest BCUT2D eigenvalue weighted by molar-refractivity contribution is -0.126. The van der Waals surface area contributed by atoms with Crippen molar-refractivity contribution in [1.82, 2.24) is 10.6 Å². The van der Waals surface area contributed by atoms with E-state index in [-0.39, 0.29) is 23.9 Å². The van der Waals surface area contributed by atoms with Crippen LogP contribution in [0, 0.1) is 0 Å². The maximum absolute atomic E-state index is 12.4. The number of para-hydroxylation sites is 1. The van der Waals surface area contributed by atoms with Gasteiger partial charge in [-0.15, -0.1) is 0 Å². The van der Waals surface area contributed by atoms with Crippen molar-refractivity contribution in [2.24, 2.45) is 0 Å². The topological polar surface area (TPSA) is 61.4 Å². The molecule has 0 aliphatic carbocycles. The van der Waals surface area contributed by atoms with Gasteiger partial charge >= 0.3 is 0 Å². The van der Waals surface area contributed by atoms with Gasteiger partial charge in [0.1, 0.15) is 6.04 Å². The second-order valence-corrected chi connectivity index (χ2v) is 6.81. The molecule has 6 heteroatoms. The monoisotopic (exact) mass is 319 g/mol. The van der Waals surface area contributed by atoms with Crippen molar-refractivity contribution < 1.29 is 9.59 Å². The molecule has 0 saturated carbocycles. The lowest BCUT2D eigenvalue weighted by Crippen LogP contribution is -2.46. The molecule has 3 rings (SSSR count). The third-order valence-corrected chi connectivity index (χ3v) is 5.17. The van der Waals surface area contributed by atoms with Crippen molar-refractivity contribution in [3.63, 3.8) is 0 Å². The van der Waals surface area contributed by atoms with Gasteiger partial charge in [0.05, 0.1) is 0 Å². The maximum atomic E-state index is 12.4. The second-order valence-electron chi connectivity index (χ2n) is 5.66. The first-order valence-electron chi connectivity index (χ1n) is 7.71. The highest BCUT2D eigenvalue weighted by atomic mass is 32.2. The molecule has 0 bridgehead atoms. The number of carbonyl (C=O) groups is 2. The Morgan fingerprint density at radius 3 is 2.91 bits per heavy atom.